The van der Waals surface area contributed by atoms with Crippen LogP contribution in [0.1, 0.15) is 32.6 Å². The molecule has 1 atom stereocenters. The molecule has 2 saturated heterocycles. The quantitative estimate of drug-likeness (QED) is 0.506. The Bertz CT molecular complexity index is 1070. The van der Waals surface area contributed by atoms with Crippen molar-refractivity contribution < 1.29 is 18.7 Å². The lowest BCUT2D eigenvalue weighted by Gasteiger charge is -2.35. The first-order valence-electron chi connectivity index (χ1n) is 12.5. The molecule has 0 radical (unpaired) electrons. The molecule has 0 bridgehead atoms. The monoisotopic (exact) mass is 512 g/mol. The van der Waals surface area contributed by atoms with Gasteiger partial charge >= 0.3 is 0 Å². The second kappa shape index (κ2) is 11.8. The number of nitrogens with zero attached hydrogens (tertiary/aromatic N) is 3. The van der Waals surface area contributed by atoms with Gasteiger partial charge in [-0.3, -0.25) is 14.5 Å². The number of benzene rings is 2. The van der Waals surface area contributed by atoms with Crippen LogP contribution in [0, 0.1) is 11.7 Å². The van der Waals surface area contributed by atoms with Crippen molar-refractivity contribution in [2.24, 2.45) is 5.92 Å². The number of rotatable bonds is 9. The summed E-state index contributed by atoms with van der Waals surface area (Å²) in [6.45, 7) is 5.99. The molecule has 9 heteroatoms. The minimum Gasteiger partial charge on any atom is -0.497 e. The zero-order chi connectivity index (χ0) is 25.7. The molecule has 2 amide bonds. The van der Waals surface area contributed by atoms with Crippen LogP contribution in [0.2, 0.25) is 0 Å². The summed E-state index contributed by atoms with van der Waals surface area (Å²) >= 11 is 5.81. The molecule has 2 aliphatic heterocycles. The van der Waals surface area contributed by atoms with Gasteiger partial charge in [-0.05, 0) is 106 Å². The van der Waals surface area contributed by atoms with Gasteiger partial charge < -0.3 is 19.9 Å². The molecule has 1 N–H and O–H groups in total. The molecule has 2 aromatic carbocycles. The van der Waals surface area contributed by atoms with E-state index >= 15 is 0 Å². The first kappa shape index (κ1) is 26.0. The third-order valence-electron chi connectivity index (χ3n) is 6.86. The standard InChI is InChI=1S/C27H33FN4O3S/c1-3-14-30-15-12-19(13-16-30)18-31-24(17-25(33)29-21-6-4-20(28)5-7-21)26(34)32(27(31)36)22-8-10-23(35-2)11-9-22/h4-11,19,24H,3,12-18H2,1-2H3,(H,29,33). The van der Waals surface area contributed by atoms with Crippen LogP contribution in [0.15, 0.2) is 48.5 Å². The van der Waals surface area contributed by atoms with E-state index in [0.29, 0.717) is 34.7 Å². The maximum Gasteiger partial charge on any atom is 0.256 e. The second-order valence-corrected chi connectivity index (χ2v) is 9.73. The molecule has 192 valence electrons. The zero-order valence-electron chi connectivity index (χ0n) is 20.8. The molecular formula is C27H33FN4O3S. The molecule has 0 aromatic heterocycles. The Morgan fingerprint density at radius 3 is 2.39 bits per heavy atom. The van der Waals surface area contributed by atoms with E-state index < -0.39 is 6.04 Å². The normalized spacial score (nSPS) is 19.1. The fraction of sp³-hybridized carbons (Fsp3) is 0.444. The number of piperidine rings is 1. The summed E-state index contributed by atoms with van der Waals surface area (Å²) in [5.41, 5.74) is 1.13. The fourth-order valence-electron chi connectivity index (χ4n) is 4.92. The summed E-state index contributed by atoms with van der Waals surface area (Å²) in [4.78, 5) is 32.5. The Morgan fingerprint density at radius 2 is 1.78 bits per heavy atom. The molecule has 36 heavy (non-hydrogen) atoms. The number of thiocarbonyl (C=S) groups is 1. The summed E-state index contributed by atoms with van der Waals surface area (Å²) in [7, 11) is 1.59. The molecule has 1 unspecified atom stereocenters. The van der Waals surface area contributed by atoms with Crippen molar-refractivity contribution >= 4 is 40.5 Å². The Balaban J connectivity index is 1.51. The molecule has 2 aromatic rings. The highest BCUT2D eigenvalue weighted by Crippen LogP contribution is 2.31. The molecule has 7 nitrogen and oxygen atoms in total. The third kappa shape index (κ3) is 6.02. The van der Waals surface area contributed by atoms with E-state index in [4.69, 9.17) is 17.0 Å². The van der Waals surface area contributed by atoms with E-state index in [1.807, 2.05) is 4.90 Å². The van der Waals surface area contributed by atoms with Crippen LogP contribution in [0.5, 0.6) is 5.75 Å². The maximum atomic E-state index is 13.6. The first-order valence-corrected chi connectivity index (χ1v) is 12.9. The molecule has 4 rings (SSSR count). The van der Waals surface area contributed by atoms with Gasteiger partial charge in [0.15, 0.2) is 5.11 Å². The summed E-state index contributed by atoms with van der Waals surface area (Å²) in [6, 6.07) is 12.0. The predicted molar refractivity (Wildman–Crippen MR) is 143 cm³/mol. The number of likely N-dealkylation sites (tertiary alicyclic amines) is 1. The van der Waals surface area contributed by atoms with Crippen LogP contribution in [0.3, 0.4) is 0 Å². The smallest absolute Gasteiger partial charge is 0.256 e. The fourth-order valence-corrected chi connectivity index (χ4v) is 5.32. The van der Waals surface area contributed by atoms with Crippen molar-refractivity contribution in [3.05, 3.63) is 54.3 Å². The lowest BCUT2D eigenvalue weighted by Crippen LogP contribution is -2.44. The van der Waals surface area contributed by atoms with Crippen molar-refractivity contribution in [1.82, 2.24) is 9.80 Å². The second-order valence-electron chi connectivity index (χ2n) is 9.37. The molecule has 2 aliphatic rings. The molecule has 0 saturated carbocycles. The summed E-state index contributed by atoms with van der Waals surface area (Å²) < 4.78 is 18.5. The average Bonchev–Trinajstić information content (AvgIpc) is 3.10. The van der Waals surface area contributed by atoms with Gasteiger partial charge in [-0.2, -0.15) is 0 Å². The number of carbonyl (C=O) groups excluding carboxylic acids is 2. The SMILES string of the molecule is CCCN1CCC(CN2C(=S)N(c3ccc(OC)cc3)C(=O)C2CC(=O)Nc2ccc(F)cc2)CC1. The number of carbonyl (C=O) groups is 2. The van der Waals surface area contributed by atoms with Gasteiger partial charge in [0.05, 0.1) is 19.2 Å². The number of hydrogen-bond acceptors (Lipinski definition) is 5. The number of halogens is 1. The zero-order valence-corrected chi connectivity index (χ0v) is 21.6. The van der Waals surface area contributed by atoms with E-state index in [-0.39, 0.29) is 24.1 Å². The Morgan fingerprint density at radius 1 is 1.11 bits per heavy atom. The van der Waals surface area contributed by atoms with Crippen LogP contribution in [0.4, 0.5) is 15.8 Å². The van der Waals surface area contributed by atoms with Gasteiger partial charge in [0.2, 0.25) is 5.91 Å². The molecule has 2 fully saturated rings. The van der Waals surface area contributed by atoms with E-state index in [1.165, 1.54) is 29.2 Å². The maximum absolute atomic E-state index is 13.6. The van der Waals surface area contributed by atoms with Crippen molar-refractivity contribution in [1.29, 1.82) is 0 Å². The summed E-state index contributed by atoms with van der Waals surface area (Å²) in [5.74, 6) is 0.158. The van der Waals surface area contributed by atoms with Crippen LogP contribution >= 0.6 is 12.2 Å². The molecule has 0 spiro atoms. The number of hydrogen-bond donors (Lipinski definition) is 1. The van der Waals surface area contributed by atoms with Crippen molar-refractivity contribution in [2.75, 3.05) is 43.5 Å². The number of ether oxygens (including phenoxy) is 1. The van der Waals surface area contributed by atoms with E-state index in [9.17, 15) is 14.0 Å². The van der Waals surface area contributed by atoms with Gasteiger partial charge in [0.25, 0.3) is 5.91 Å². The molecule has 0 aliphatic carbocycles. The van der Waals surface area contributed by atoms with Gasteiger partial charge in [-0.15, -0.1) is 0 Å². The third-order valence-corrected chi connectivity index (χ3v) is 7.27. The summed E-state index contributed by atoms with van der Waals surface area (Å²) in [6.07, 6.45) is 3.16. The predicted octanol–water partition coefficient (Wildman–Crippen LogP) is 4.29. The number of anilines is 2. The average molecular weight is 513 g/mol. The van der Waals surface area contributed by atoms with Crippen LogP contribution in [-0.2, 0) is 9.59 Å². The molecular weight excluding hydrogens is 479 g/mol. The lowest BCUT2D eigenvalue weighted by atomic mass is 9.95. The largest absolute Gasteiger partial charge is 0.497 e. The minimum atomic E-state index is -0.700. The highest BCUT2D eigenvalue weighted by Gasteiger charge is 2.45. The number of methoxy groups -OCH3 is 1. The van der Waals surface area contributed by atoms with E-state index in [0.717, 1.165) is 38.9 Å². The van der Waals surface area contributed by atoms with Gasteiger partial charge in [-0.25, -0.2) is 4.39 Å². The Kier molecular flexibility index (Phi) is 8.53. The number of nitrogens with one attached hydrogen (secondary N) is 1. The first-order chi connectivity index (χ1) is 17.4. The summed E-state index contributed by atoms with van der Waals surface area (Å²) in [5, 5.41) is 3.19. The van der Waals surface area contributed by atoms with Crippen molar-refractivity contribution in [3.8, 4) is 5.75 Å². The Hall–Kier alpha value is -3.04. The van der Waals surface area contributed by atoms with E-state index in [2.05, 4.69) is 17.1 Å². The van der Waals surface area contributed by atoms with Crippen molar-refractivity contribution in [3.63, 3.8) is 0 Å². The van der Waals surface area contributed by atoms with Crippen molar-refractivity contribution in [2.45, 2.75) is 38.6 Å². The highest BCUT2D eigenvalue weighted by atomic mass is 32.1. The van der Waals surface area contributed by atoms with Crippen LogP contribution in [-0.4, -0.2) is 66.1 Å². The van der Waals surface area contributed by atoms with Gasteiger partial charge in [-0.1, -0.05) is 6.92 Å². The highest BCUT2D eigenvalue weighted by molar-refractivity contribution is 7.80. The minimum absolute atomic E-state index is 0.0440. The van der Waals surface area contributed by atoms with Crippen LogP contribution in [0.25, 0.3) is 0 Å². The molecule has 2 heterocycles. The van der Waals surface area contributed by atoms with Gasteiger partial charge in [0.1, 0.15) is 17.6 Å². The topological polar surface area (TPSA) is 65.1 Å². The Labute approximate surface area is 217 Å². The van der Waals surface area contributed by atoms with Gasteiger partial charge in [0, 0.05) is 12.2 Å². The van der Waals surface area contributed by atoms with E-state index in [1.54, 1.807) is 31.4 Å². The van der Waals surface area contributed by atoms with Crippen LogP contribution < -0.4 is 15.0 Å². The lowest BCUT2D eigenvalue weighted by molar-refractivity contribution is -0.124. The number of amides is 2.